The van der Waals surface area contributed by atoms with Crippen LogP contribution in [0.25, 0.3) is 117 Å². The molecule has 0 aliphatic carbocycles. The molecular weight excluding hydrogens is 701 g/mol. The molecule has 57 heavy (non-hydrogen) atoms. The molecule has 4 heterocycles. The van der Waals surface area contributed by atoms with E-state index in [1.54, 1.807) is 0 Å². The minimum atomic E-state index is 0.593. The molecule has 0 N–H and O–H groups in total. The van der Waals surface area contributed by atoms with Crippen LogP contribution in [0.1, 0.15) is 0 Å². The number of rotatable bonds is 5. The molecule has 6 nitrogen and oxygen atoms in total. The number of hydrogen-bond donors (Lipinski definition) is 0. The molecule has 0 bridgehead atoms. The Balaban J connectivity index is 1.03. The Morgan fingerprint density at radius 1 is 0.333 bits per heavy atom. The molecule has 0 aliphatic heterocycles. The summed E-state index contributed by atoms with van der Waals surface area (Å²) in [4.78, 5) is 15.4. The van der Waals surface area contributed by atoms with Gasteiger partial charge < -0.3 is 13.4 Å². The molecule has 0 saturated carbocycles. The number of aromatic nitrogens is 4. The van der Waals surface area contributed by atoms with E-state index >= 15 is 0 Å². The summed E-state index contributed by atoms with van der Waals surface area (Å²) in [6.45, 7) is 0. The van der Waals surface area contributed by atoms with E-state index < -0.39 is 0 Å². The van der Waals surface area contributed by atoms with Crippen LogP contribution in [-0.2, 0) is 0 Å². The Bertz CT molecular complexity index is 3530. The lowest BCUT2D eigenvalue weighted by Crippen LogP contribution is -2.00. The molecule has 8 aromatic carbocycles. The van der Waals surface area contributed by atoms with Gasteiger partial charge in [-0.05, 0) is 77.9 Å². The maximum Gasteiger partial charge on any atom is 0.164 e. The van der Waals surface area contributed by atoms with Crippen molar-refractivity contribution in [1.82, 2.24) is 19.5 Å². The third-order valence-corrected chi connectivity index (χ3v) is 11.1. The number of furan rings is 2. The van der Waals surface area contributed by atoms with E-state index in [2.05, 4.69) is 120 Å². The molecule has 0 aliphatic rings. The van der Waals surface area contributed by atoms with E-state index in [0.717, 1.165) is 93.6 Å². The lowest BCUT2D eigenvalue weighted by atomic mass is 10.0. The van der Waals surface area contributed by atoms with Gasteiger partial charge in [-0.15, -0.1) is 0 Å². The zero-order valence-electron chi connectivity index (χ0n) is 30.4. The van der Waals surface area contributed by atoms with Crippen molar-refractivity contribution in [3.8, 4) is 51.0 Å². The summed E-state index contributed by atoms with van der Waals surface area (Å²) in [7, 11) is 0. The van der Waals surface area contributed by atoms with Gasteiger partial charge in [0.1, 0.15) is 22.3 Å². The average Bonchev–Trinajstić information content (AvgIpc) is 3.95. The first-order valence-corrected chi connectivity index (χ1v) is 19.0. The summed E-state index contributed by atoms with van der Waals surface area (Å²) in [6.07, 6.45) is 0. The summed E-state index contributed by atoms with van der Waals surface area (Å²) in [5.41, 5.74) is 11.6. The number of para-hydroxylation sites is 2. The molecule has 0 saturated heterocycles. The minimum absolute atomic E-state index is 0.593. The quantitative estimate of drug-likeness (QED) is 0.176. The van der Waals surface area contributed by atoms with Crippen molar-refractivity contribution >= 4 is 65.7 Å². The van der Waals surface area contributed by atoms with E-state index in [0.29, 0.717) is 17.5 Å². The van der Waals surface area contributed by atoms with Crippen LogP contribution in [0.5, 0.6) is 0 Å². The molecular formula is C51H30N4O2. The molecule has 0 fully saturated rings. The van der Waals surface area contributed by atoms with E-state index in [1.807, 2.05) is 66.7 Å². The Labute approximate surface area is 325 Å². The third-order valence-electron chi connectivity index (χ3n) is 11.1. The minimum Gasteiger partial charge on any atom is -0.456 e. The molecule has 0 unspecified atom stereocenters. The van der Waals surface area contributed by atoms with Gasteiger partial charge in [0.15, 0.2) is 17.5 Å². The van der Waals surface area contributed by atoms with Crippen molar-refractivity contribution in [2.45, 2.75) is 0 Å². The second-order valence-corrected chi connectivity index (χ2v) is 14.4. The van der Waals surface area contributed by atoms with E-state index in [-0.39, 0.29) is 0 Å². The predicted octanol–water partition coefficient (Wildman–Crippen LogP) is 13.4. The molecule has 0 atom stereocenters. The predicted molar refractivity (Wildman–Crippen MR) is 230 cm³/mol. The van der Waals surface area contributed by atoms with Gasteiger partial charge in [-0.1, -0.05) is 115 Å². The summed E-state index contributed by atoms with van der Waals surface area (Å²) in [6, 6.07) is 62.7. The lowest BCUT2D eigenvalue weighted by molar-refractivity contribution is 0.668. The second kappa shape index (κ2) is 12.3. The van der Waals surface area contributed by atoms with Gasteiger partial charge in [0.2, 0.25) is 0 Å². The fourth-order valence-electron chi connectivity index (χ4n) is 8.41. The second-order valence-electron chi connectivity index (χ2n) is 14.4. The number of benzene rings is 8. The summed E-state index contributed by atoms with van der Waals surface area (Å²) >= 11 is 0. The summed E-state index contributed by atoms with van der Waals surface area (Å²) in [5.74, 6) is 1.80. The first kappa shape index (κ1) is 31.5. The zero-order chi connectivity index (χ0) is 37.5. The SMILES string of the molecule is c1ccc(-c2ccc3c(c2)oc2ccc(-n4c5ccccc5c5cc(-c6nc(-c7ccccc7)nc(-c7cccc8oc9ccccc9c78)n6)ccc54)cc23)cc1. The normalized spacial score (nSPS) is 11.9. The van der Waals surface area contributed by atoms with Crippen LogP contribution >= 0.6 is 0 Å². The fraction of sp³-hybridized carbons (Fsp3) is 0. The highest BCUT2D eigenvalue weighted by Gasteiger charge is 2.20. The Kier molecular flexibility index (Phi) is 6.83. The van der Waals surface area contributed by atoms with Crippen molar-refractivity contribution in [3.05, 3.63) is 182 Å². The molecule has 266 valence electrons. The first-order valence-electron chi connectivity index (χ1n) is 19.0. The molecule has 0 amide bonds. The molecule has 6 heteroatoms. The van der Waals surface area contributed by atoms with Crippen LogP contribution in [0.2, 0.25) is 0 Å². The van der Waals surface area contributed by atoms with Crippen molar-refractivity contribution < 1.29 is 8.83 Å². The number of fused-ring (bicyclic) bond motifs is 9. The van der Waals surface area contributed by atoms with Crippen molar-refractivity contribution in [2.24, 2.45) is 0 Å². The molecule has 0 radical (unpaired) electrons. The highest BCUT2D eigenvalue weighted by molar-refractivity contribution is 6.13. The van der Waals surface area contributed by atoms with Crippen molar-refractivity contribution in [1.29, 1.82) is 0 Å². The standard InChI is InChI=1S/C51H30N4O2/c1-3-12-31(13-4-1)33-22-25-37-41-30-35(24-27-45(41)57-47(37)29-33)55-42-19-9-7-16-36(42)40-28-34(23-26-43(40)55)50-52-49(32-14-5-2-6-15-32)53-51(54-50)39-18-11-21-46-48(39)38-17-8-10-20-44(38)56-46/h1-30H. The largest absolute Gasteiger partial charge is 0.456 e. The Morgan fingerprint density at radius 2 is 0.982 bits per heavy atom. The van der Waals surface area contributed by atoms with E-state index in [1.165, 1.54) is 5.56 Å². The van der Waals surface area contributed by atoms with Crippen LogP contribution < -0.4 is 0 Å². The Morgan fingerprint density at radius 3 is 1.84 bits per heavy atom. The number of hydrogen-bond acceptors (Lipinski definition) is 5. The smallest absolute Gasteiger partial charge is 0.164 e. The van der Waals surface area contributed by atoms with E-state index in [9.17, 15) is 0 Å². The highest BCUT2D eigenvalue weighted by Crippen LogP contribution is 2.40. The molecule has 12 aromatic rings. The van der Waals surface area contributed by atoms with Crippen LogP contribution in [0.3, 0.4) is 0 Å². The lowest BCUT2D eigenvalue weighted by Gasteiger charge is -2.10. The van der Waals surface area contributed by atoms with E-state index in [4.69, 9.17) is 23.8 Å². The maximum atomic E-state index is 6.42. The van der Waals surface area contributed by atoms with Gasteiger partial charge in [0.25, 0.3) is 0 Å². The average molecular weight is 731 g/mol. The fourth-order valence-corrected chi connectivity index (χ4v) is 8.41. The van der Waals surface area contributed by atoms with Gasteiger partial charge in [0, 0.05) is 54.7 Å². The first-order chi connectivity index (χ1) is 28.2. The topological polar surface area (TPSA) is 69.9 Å². The van der Waals surface area contributed by atoms with Crippen LogP contribution in [0.15, 0.2) is 191 Å². The van der Waals surface area contributed by atoms with Gasteiger partial charge in [-0.2, -0.15) is 0 Å². The summed E-state index contributed by atoms with van der Waals surface area (Å²) < 4.78 is 15.0. The van der Waals surface area contributed by atoms with Gasteiger partial charge in [-0.25, -0.2) is 15.0 Å². The number of nitrogens with zero attached hydrogens (tertiary/aromatic N) is 4. The van der Waals surface area contributed by atoms with Crippen LogP contribution in [0.4, 0.5) is 0 Å². The van der Waals surface area contributed by atoms with Gasteiger partial charge in [0.05, 0.1) is 11.0 Å². The monoisotopic (exact) mass is 730 g/mol. The van der Waals surface area contributed by atoms with Gasteiger partial charge in [-0.3, -0.25) is 0 Å². The zero-order valence-corrected chi connectivity index (χ0v) is 30.4. The van der Waals surface area contributed by atoms with Crippen molar-refractivity contribution in [3.63, 3.8) is 0 Å². The molecule has 0 spiro atoms. The highest BCUT2D eigenvalue weighted by atomic mass is 16.3. The van der Waals surface area contributed by atoms with Crippen molar-refractivity contribution in [2.75, 3.05) is 0 Å². The molecule has 4 aromatic heterocycles. The third kappa shape index (κ3) is 5.01. The maximum absolute atomic E-state index is 6.42. The van der Waals surface area contributed by atoms with Gasteiger partial charge >= 0.3 is 0 Å². The van der Waals surface area contributed by atoms with Crippen LogP contribution in [-0.4, -0.2) is 19.5 Å². The molecule has 12 rings (SSSR count). The van der Waals surface area contributed by atoms with Crippen LogP contribution in [0, 0.1) is 0 Å². The Hall–Kier alpha value is -7.83. The summed E-state index contributed by atoms with van der Waals surface area (Å²) in [5, 5.41) is 6.44.